The highest BCUT2D eigenvalue weighted by Gasteiger charge is 2.19. The van der Waals surface area contributed by atoms with Crippen molar-refractivity contribution in [2.24, 2.45) is 0 Å². The standard InChI is InChI=1S/C40H42N4O4/c1-39(2,3)29-19-15-27(16-20-29)37-41-31-11-7-9-13-33(31)43(37)25-47-35(45)23-24-36(46)48-26-44-34-14-10-8-12-32(34)42-38(44)28-17-21-30(22-18-28)40(4,5)6/h7-22H,23-26H2,1-6H3. The fourth-order valence-electron chi connectivity index (χ4n) is 5.71. The number of benzene rings is 4. The van der Waals surface area contributed by atoms with Crippen LogP contribution in [0.5, 0.6) is 0 Å². The summed E-state index contributed by atoms with van der Waals surface area (Å²) in [5, 5.41) is 0. The Labute approximate surface area is 281 Å². The van der Waals surface area contributed by atoms with E-state index in [2.05, 4.69) is 65.8 Å². The van der Waals surface area contributed by atoms with E-state index in [1.807, 2.05) is 81.9 Å². The van der Waals surface area contributed by atoms with Crippen LogP contribution in [-0.2, 0) is 43.4 Å². The molecule has 2 heterocycles. The number of imidazole rings is 2. The normalized spacial score (nSPS) is 12.0. The van der Waals surface area contributed by atoms with E-state index >= 15 is 0 Å². The van der Waals surface area contributed by atoms with Gasteiger partial charge in [0.25, 0.3) is 0 Å². The summed E-state index contributed by atoms with van der Waals surface area (Å²) < 4.78 is 15.1. The highest BCUT2D eigenvalue weighted by atomic mass is 16.5. The summed E-state index contributed by atoms with van der Waals surface area (Å²) in [6, 6.07) is 32.1. The number of nitrogens with zero attached hydrogens (tertiary/aromatic N) is 4. The molecule has 6 aromatic rings. The van der Waals surface area contributed by atoms with Crippen LogP contribution in [0.3, 0.4) is 0 Å². The molecule has 4 aromatic carbocycles. The smallest absolute Gasteiger partial charge is 0.308 e. The predicted molar refractivity (Wildman–Crippen MR) is 189 cm³/mol. The average molecular weight is 643 g/mol. The van der Waals surface area contributed by atoms with E-state index < -0.39 is 11.9 Å². The summed E-state index contributed by atoms with van der Waals surface area (Å²) in [6.45, 7) is 13.0. The van der Waals surface area contributed by atoms with Crippen LogP contribution in [0, 0.1) is 0 Å². The minimum atomic E-state index is -0.494. The molecule has 8 nitrogen and oxygen atoms in total. The van der Waals surface area contributed by atoms with Gasteiger partial charge < -0.3 is 9.47 Å². The Hall–Kier alpha value is -5.24. The van der Waals surface area contributed by atoms with Crippen LogP contribution < -0.4 is 0 Å². The molecule has 0 saturated carbocycles. The van der Waals surface area contributed by atoms with E-state index in [9.17, 15) is 9.59 Å². The number of aromatic nitrogens is 4. The Morgan fingerprint density at radius 1 is 0.542 bits per heavy atom. The number of carbonyl (C=O) groups is 2. The number of esters is 2. The first-order chi connectivity index (χ1) is 22.9. The van der Waals surface area contributed by atoms with Gasteiger partial charge in [-0.1, -0.05) is 114 Å². The monoisotopic (exact) mass is 642 g/mol. The zero-order chi connectivity index (χ0) is 34.1. The van der Waals surface area contributed by atoms with E-state index in [-0.39, 0.29) is 37.1 Å². The average Bonchev–Trinajstić information content (AvgIpc) is 3.63. The number of fused-ring (bicyclic) bond motifs is 2. The van der Waals surface area contributed by atoms with Crippen LogP contribution in [0.4, 0.5) is 0 Å². The summed E-state index contributed by atoms with van der Waals surface area (Å²) in [5.74, 6) is 0.429. The van der Waals surface area contributed by atoms with Crippen LogP contribution in [0.25, 0.3) is 44.8 Å². The summed E-state index contributed by atoms with van der Waals surface area (Å²) in [4.78, 5) is 35.4. The molecule has 0 N–H and O–H groups in total. The SMILES string of the molecule is CC(C)(C)c1ccc(-c2nc3ccccc3n2COC(=O)CCC(=O)OCn2c(-c3ccc(C(C)(C)C)cc3)nc3ccccc32)cc1. The van der Waals surface area contributed by atoms with Gasteiger partial charge in [-0.2, -0.15) is 0 Å². The summed E-state index contributed by atoms with van der Waals surface area (Å²) in [5.41, 5.74) is 7.69. The number of hydrogen-bond donors (Lipinski definition) is 0. The molecule has 0 unspecified atom stereocenters. The van der Waals surface area contributed by atoms with Crippen molar-refractivity contribution in [3.8, 4) is 22.8 Å². The molecule has 2 aromatic heterocycles. The molecule has 0 bridgehead atoms. The number of rotatable bonds is 9. The lowest BCUT2D eigenvalue weighted by Gasteiger charge is -2.19. The van der Waals surface area contributed by atoms with Gasteiger partial charge in [-0.05, 0) is 46.2 Å². The second-order valence-electron chi connectivity index (χ2n) is 14.1. The van der Waals surface area contributed by atoms with Gasteiger partial charge in [0.05, 0.1) is 34.9 Å². The van der Waals surface area contributed by atoms with Crippen LogP contribution in [0.2, 0.25) is 0 Å². The number of ether oxygens (including phenoxy) is 2. The molecule has 0 aliphatic carbocycles. The molecule has 0 aliphatic heterocycles. The van der Waals surface area contributed by atoms with Gasteiger partial charge in [0.2, 0.25) is 0 Å². The van der Waals surface area contributed by atoms with Crippen molar-refractivity contribution in [2.45, 2.75) is 78.7 Å². The zero-order valence-electron chi connectivity index (χ0n) is 28.5. The third-order valence-corrected chi connectivity index (χ3v) is 8.57. The minimum Gasteiger partial charge on any atom is -0.444 e. The van der Waals surface area contributed by atoms with Gasteiger partial charge in [0.15, 0.2) is 13.5 Å². The van der Waals surface area contributed by atoms with Gasteiger partial charge in [-0.25, -0.2) is 9.97 Å². The minimum absolute atomic E-state index is 0.0247. The number of para-hydroxylation sites is 4. The van der Waals surface area contributed by atoms with Crippen molar-refractivity contribution in [3.05, 3.63) is 108 Å². The zero-order valence-corrected chi connectivity index (χ0v) is 28.5. The quantitative estimate of drug-likeness (QED) is 0.147. The van der Waals surface area contributed by atoms with E-state index in [0.717, 1.165) is 33.2 Å². The third-order valence-electron chi connectivity index (χ3n) is 8.57. The lowest BCUT2D eigenvalue weighted by Crippen LogP contribution is -2.15. The molecule has 8 heteroatoms. The van der Waals surface area contributed by atoms with Crippen molar-refractivity contribution < 1.29 is 19.1 Å². The fourth-order valence-corrected chi connectivity index (χ4v) is 5.71. The Morgan fingerprint density at radius 2 is 0.896 bits per heavy atom. The van der Waals surface area contributed by atoms with E-state index in [4.69, 9.17) is 19.4 Å². The fraction of sp³-hybridized carbons (Fsp3) is 0.300. The van der Waals surface area contributed by atoms with Crippen LogP contribution in [0.1, 0.15) is 65.5 Å². The first-order valence-corrected chi connectivity index (χ1v) is 16.3. The largest absolute Gasteiger partial charge is 0.444 e. The summed E-state index contributed by atoms with van der Waals surface area (Å²) in [6.07, 6.45) is -0.209. The lowest BCUT2D eigenvalue weighted by molar-refractivity contribution is -0.154. The van der Waals surface area contributed by atoms with Gasteiger partial charge in [-0.3, -0.25) is 18.7 Å². The van der Waals surface area contributed by atoms with Crippen LogP contribution in [0.15, 0.2) is 97.1 Å². The molecule has 0 fully saturated rings. The van der Waals surface area contributed by atoms with E-state index in [1.165, 1.54) is 11.1 Å². The molecule has 6 rings (SSSR count). The van der Waals surface area contributed by atoms with Crippen LogP contribution >= 0.6 is 0 Å². The summed E-state index contributed by atoms with van der Waals surface area (Å²) in [7, 11) is 0. The van der Waals surface area contributed by atoms with Crippen molar-refractivity contribution in [1.29, 1.82) is 0 Å². The van der Waals surface area contributed by atoms with Crippen molar-refractivity contribution in [1.82, 2.24) is 19.1 Å². The topological polar surface area (TPSA) is 88.2 Å². The molecule has 48 heavy (non-hydrogen) atoms. The number of carbonyl (C=O) groups excluding carboxylic acids is 2. The maximum atomic E-state index is 12.8. The highest BCUT2D eigenvalue weighted by molar-refractivity contribution is 5.82. The maximum Gasteiger partial charge on any atom is 0.308 e. The van der Waals surface area contributed by atoms with Crippen LogP contribution in [-0.4, -0.2) is 31.0 Å². The molecule has 0 saturated heterocycles. The first kappa shape index (κ1) is 32.7. The van der Waals surface area contributed by atoms with Gasteiger partial charge in [-0.15, -0.1) is 0 Å². The molecule has 0 spiro atoms. The lowest BCUT2D eigenvalue weighted by atomic mass is 9.86. The molecule has 0 amide bonds. The van der Waals surface area contributed by atoms with Gasteiger partial charge in [0, 0.05) is 11.1 Å². The Kier molecular flexibility index (Phi) is 8.93. The Balaban J connectivity index is 1.10. The predicted octanol–water partition coefficient (Wildman–Crippen LogP) is 8.80. The molecule has 0 aliphatic rings. The molecule has 0 radical (unpaired) electrons. The van der Waals surface area contributed by atoms with E-state index in [0.29, 0.717) is 11.6 Å². The molecular formula is C40H42N4O4. The van der Waals surface area contributed by atoms with Crippen molar-refractivity contribution in [2.75, 3.05) is 0 Å². The maximum absolute atomic E-state index is 12.8. The van der Waals surface area contributed by atoms with Gasteiger partial charge in [0.1, 0.15) is 11.6 Å². The molecule has 0 atom stereocenters. The van der Waals surface area contributed by atoms with E-state index in [1.54, 1.807) is 0 Å². The summed E-state index contributed by atoms with van der Waals surface area (Å²) >= 11 is 0. The first-order valence-electron chi connectivity index (χ1n) is 16.3. The Morgan fingerprint density at radius 3 is 1.25 bits per heavy atom. The van der Waals surface area contributed by atoms with Crippen molar-refractivity contribution >= 4 is 34.0 Å². The number of hydrogen-bond acceptors (Lipinski definition) is 6. The second-order valence-corrected chi connectivity index (χ2v) is 14.1. The highest BCUT2D eigenvalue weighted by Crippen LogP contribution is 2.30. The van der Waals surface area contributed by atoms with Crippen molar-refractivity contribution in [3.63, 3.8) is 0 Å². The molecular weight excluding hydrogens is 600 g/mol. The second kappa shape index (κ2) is 13.1. The third kappa shape index (κ3) is 7.03. The van der Waals surface area contributed by atoms with Gasteiger partial charge >= 0.3 is 11.9 Å². The Bertz CT molecular complexity index is 1920. The molecule has 246 valence electrons.